The van der Waals surface area contributed by atoms with Gasteiger partial charge in [0.2, 0.25) is 5.88 Å². The van der Waals surface area contributed by atoms with Crippen molar-refractivity contribution in [3.63, 3.8) is 0 Å². The van der Waals surface area contributed by atoms with Gasteiger partial charge in [0.25, 0.3) is 0 Å². The normalized spacial score (nSPS) is 10.5. The Morgan fingerprint density at radius 2 is 2.04 bits per heavy atom. The zero-order valence-corrected chi connectivity index (χ0v) is 16.8. The van der Waals surface area contributed by atoms with Crippen molar-refractivity contribution < 1.29 is 9.47 Å². The minimum atomic E-state index is 0. The number of nitrogens with two attached hydrogens (primary N) is 1. The number of imidazole rings is 1. The Morgan fingerprint density at radius 3 is 2.72 bits per heavy atom. The largest absolute Gasteiger partial charge is 0.481 e. The molecule has 3 aromatic rings. The molecule has 0 aliphatic heterocycles. The molecule has 8 nitrogen and oxygen atoms in total. The van der Waals surface area contributed by atoms with Gasteiger partial charge >= 0.3 is 6.01 Å². The molecule has 25 heavy (non-hydrogen) atoms. The van der Waals surface area contributed by atoms with E-state index < -0.39 is 0 Å². The van der Waals surface area contributed by atoms with E-state index in [1.807, 2.05) is 16.7 Å². The number of fused-ring (bicyclic) bond motifs is 1. The van der Waals surface area contributed by atoms with Crippen LogP contribution in [0.4, 0.5) is 5.82 Å². The Bertz CT molecular complexity index is 821. The zero-order chi connectivity index (χ0) is 16.9. The Labute approximate surface area is 168 Å². The second kappa shape index (κ2) is 8.98. The summed E-state index contributed by atoms with van der Waals surface area (Å²) in [5.74, 6) is 0.894. The van der Waals surface area contributed by atoms with E-state index in [4.69, 9.17) is 15.2 Å². The first-order valence-electron chi connectivity index (χ1n) is 7.81. The van der Waals surface area contributed by atoms with Gasteiger partial charge in [-0.25, -0.2) is 9.97 Å². The molecule has 0 bridgehead atoms. The maximum Gasteiger partial charge on any atom is 0.320 e. The van der Waals surface area contributed by atoms with Gasteiger partial charge in [0.15, 0.2) is 17.0 Å². The summed E-state index contributed by atoms with van der Waals surface area (Å²) in [4.78, 5) is 17.1. The molecule has 0 unspecified atom stereocenters. The molecule has 0 atom stereocenters. The van der Waals surface area contributed by atoms with Crippen molar-refractivity contribution in [2.24, 2.45) is 0 Å². The summed E-state index contributed by atoms with van der Waals surface area (Å²) in [6.45, 7) is 3.23. The first-order chi connectivity index (χ1) is 11.7. The van der Waals surface area contributed by atoms with Gasteiger partial charge in [0.05, 0.1) is 26.6 Å². The fourth-order valence-corrected chi connectivity index (χ4v) is 2.26. The minimum absolute atomic E-state index is 0. The van der Waals surface area contributed by atoms with Crippen LogP contribution in [0.15, 0.2) is 24.7 Å². The van der Waals surface area contributed by atoms with E-state index in [9.17, 15) is 0 Å². The molecular weight excluding hydrogens is 331 g/mol. The Kier molecular flexibility index (Phi) is 6.98. The molecule has 3 heterocycles. The minimum Gasteiger partial charge on any atom is -0.481 e. The summed E-state index contributed by atoms with van der Waals surface area (Å²) in [6.07, 6.45) is 5.43. The number of anilines is 1. The molecule has 0 saturated carbocycles. The van der Waals surface area contributed by atoms with E-state index in [1.54, 1.807) is 19.6 Å². The number of aromatic nitrogens is 5. The summed E-state index contributed by atoms with van der Waals surface area (Å²) in [5, 5.41) is 0. The van der Waals surface area contributed by atoms with Crippen molar-refractivity contribution >= 4 is 46.5 Å². The number of hydrogen-bond donors (Lipinski definition) is 1. The number of unbranched alkanes of at least 4 members (excludes halogenated alkanes) is 1. The summed E-state index contributed by atoms with van der Waals surface area (Å²) >= 11 is 0. The van der Waals surface area contributed by atoms with E-state index in [1.165, 1.54) is 0 Å². The van der Waals surface area contributed by atoms with Crippen LogP contribution in [0.25, 0.3) is 11.2 Å². The maximum atomic E-state index is 5.97. The predicted molar refractivity (Wildman–Crippen MR) is 95.8 cm³/mol. The Balaban J connectivity index is 0.00000225. The van der Waals surface area contributed by atoms with Gasteiger partial charge in [-0.15, -0.1) is 0 Å². The van der Waals surface area contributed by atoms with E-state index >= 15 is 0 Å². The molecule has 2 N–H and O–H groups in total. The van der Waals surface area contributed by atoms with E-state index in [-0.39, 0.29) is 35.6 Å². The average molecular weight is 351 g/mol. The molecule has 1 radical (unpaired) electrons. The van der Waals surface area contributed by atoms with Crippen molar-refractivity contribution in [3.05, 3.63) is 30.2 Å². The Hall–Kier alpha value is -1.90. The predicted octanol–water partition coefficient (Wildman–Crippen LogP) is 1.66. The van der Waals surface area contributed by atoms with Crippen LogP contribution in [0, 0.1) is 0 Å². The summed E-state index contributed by atoms with van der Waals surface area (Å²) in [6, 6.07) is 4.04. The molecule has 0 aromatic carbocycles. The number of ether oxygens (including phenoxy) is 2. The van der Waals surface area contributed by atoms with Gasteiger partial charge in [0, 0.05) is 41.8 Å². The molecule has 0 aliphatic rings. The molecule has 0 aliphatic carbocycles. The van der Waals surface area contributed by atoms with Crippen LogP contribution < -0.4 is 15.2 Å². The first-order valence-corrected chi connectivity index (χ1v) is 7.81. The van der Waals surface area contributed by atoms with Gasteiger partial charge in [-0.3, -0.25) is 0 Å². The molecule has 0 fully saturated rings. The van der Waals surface area contributed by atoms with Gasteiger partial charge in [-0.2, -0.15) is 9.97 Å². The molecule has 127 valence electrons. The summed E-state index contributed by atoms with van der Waals surface area (Å²) in [7, 11) is 1.59. The molecule has 9 heteroatoms. The molecule has 0 amide bonds. The molecule has 3 rings (SSSR count). The van der Waals surface area contributed by atoms with Crippen molar-refractivity contribution in [1.29, 1.82) is 0 Å². The topological polar surface area (TPSA) is 101 Å². The third kappa shape index (κ3) is 4.59. The number of methoxy groups -OCH3 is 1. The maximum absolute atomic E-state index is 5.97. The number of hydrogen-bond acceptors (Lipinski definition) is 7. The van der Waals surface area contributed by atoms with Crippen LogP contribution in [-0.4, -0.2) is 67.8 Å². The molecule has 0 saturated heterocycles. The van der Waals surface area contributed by atoms with Crippen molar-refractivity contribution in [3.8, 4) is 11.9 Å². The van der Waals surface area contributed by atoms with Crippen LogP contribution >= 0.6 is 0 Å². The van der Waals surface area contributed by atoms with E-state index in [2.05, 4.69) is 26.9 Å². The number of pyridine rings is 1. The molecule has 3 aromatic heterocycles. The van der Waals surface area contributed by atoms with Crippen LogP contribution in [0.1, 0.15) is 25.3 Å². The van der Waals surface area contributed by atoms with Gasteiger partial charge in [0.1, 0.15) is 0 Å². The van der Waals surface area contributed by atoms with E-state index in [0.29, 0.717) is 36.0 Å². The van der Waals surface area contributed by atoms with Crippen LogP contribution in [-0.2, 0) is 6.54 Å². The molecular formula is C16H20N6NaO2. The number of nitrogen functional groups attached to an aromatic ring is 1. The van der Waals surface area contributed by atoms with Crippen LogP contribution in [0.2, 0.25) is 0 Å². The van der Waals surface area contributed by atoms with Crippen LogP contribution in [0.5, 0.6) is 11.9 Å². The fraction of sp³-hybridized carbons (Fsp3) is 0.375. The first kappa shape index (κ1) is 19.4. The number of nitrogens with zero attached hydrogens (tertiary/aromatic N) is 5. The summed E-state index contributed by atoms with van der Waals surface area (Å²) < 4.78 is 12.5. The van der Waals surface area contributed by atoms with Gasteiger partial charge in [-0.1, -0.05) is 19.4 Å². The van der Waals surface area contributed by atoms with Crippen molar-refractivity contribution in [1.82, 2.24) is 24.5 Å². The SMILES string of the molecule is CCCCOc1nc(N)c2ncn(Cc3ccc(OC)nc3)c2n1.[Na]. The fourth-order valence-electron chi connectivity index (χ4n) is 2.26. The smallest absolute Gasteiger partial charge is 0.320 e. The van der Waals surface area contributed by atoms with Gasteiger partial charge in [-0.05, 0) is 12.0 Å². The quantitative estimate of drug-likeness (QED) is 0.510. The zero-order valence-electron chi connectivity index (χ0n) is 14.8. The van der Waals surface area contributed by atoms with Gasteiger partial charge < -0.3 is 19.8 Å². The van der Waals surface area contributed by atoms with Crippen LogP contribution in [0.3, 0.4) is 0 Å². The third-order valence-electron chi connectivity index (χ3n) is 3.56. The standard InChI is InChI=1S/C16H20N6O2.Na/c1-3-4-7-24-16-20-14(17)13-15(21-16)22(10-19-13)9-11-5-6-12(23-2)18-8-11;/h5-6,8,10H,3-4,7,9H2,1-2H3,(H2,17,20,21);. The Morgan fingerprint density at radius 1 is 1.20 bits per heavy atom. The third-order valence-corrected chi connectivity index (χ3v) is 3.56. The summed E-state index contributed by atoms with van der Waals surface area (Å²) in [5.41, 5.74) is 8.18. The van der Waals surface area contributed by atoms with Crippen molar-refractivity contribution in [2.45, 2.75) is 26.3 Å². The van der Waals surface area contributed by atoms with E-state index in [0.717, 1.165) is 18.4 Å². The second-order valence-corrected chi connectivity index (χ2v) is 5.35. The van der Waals surface area contributed by atoms with Crippen molar-refractivity contribution in [2.75, 3.05) is 19.5 Å². The number of rotatable bonds is 7. The molecule has 0 spiro atoms. The average Bonchev–Trinajstić information content (AvgIpc) is 2.99. The monoisotopic (exact) mass is 351 g/mol. The second-order valence-electron chi connectivity index (χ2n) is 5.35.